The minimum atomic E-state index is 0.854. The lowest BCUT2D eigenvalue weighted by Gasteiger charge is -2.07. The topological polar surface area (TPSA) is 12.0 Å². The van der Waals surface area contributed by atoms with Gasteiger partial charge in [0.15, 0.2) is 0 Å². The second-order valence-electron chi connectivity index (χ2n) is 3.06. The van der Waals surface area contributed by atoms with Crippen LogP contribution in [0.5, 0.6) is 0 Å². The van der Waals surface area contributed by atoms with Gasteiger partial charge in [-0.1, -0.05) is 17.7 Å². The van der Waals surface area contributed by atoms with E-state index in [2.05, 4.69) is 18.3 Å². The summed E-state index contributed by atoms with van der Waals surface area (Å²) < 4.78 is 0. The Morgan fingerprint density at radius 3 is 2.50 bits per heavy atom. The maximum atomic E-state index is 5.97. The summed E-state index contributed by atoms with van der Waals surface area (Å²) in [7, 11) is 1.95. The monoisotopic (exact) mass is 183 g/mol. The summed E-state index contributed by atoms with van der Waals surface area (Å²) in [6.45, 7) is 5.02. The van der Waals surface area contributed by atoms with Crippen molar-refractivity contribution in [3.63, 3.8) is 0 Å². The van der Waals surface area contributed by atoms with Crippen LogP contribution in [0.25, 0.3) is 0 Å². The van der Waals surface area contributed by atoms with Gasteiger partial charge in [-0.15, -0.1) is 0 Å². The van der Waals surface area contributed by atoms with Crippen LogP contribution in [0.1, 0.15) is 16.7 Å². The van der Waals surface area contributed by atoms with Crippen molar-refractivity contribution in [2.45, 2.75) is 20.4 Å². The van der Waals surface area contributed by atoms with Gasteiger partial charge in [-0.3, -0.25) is 0 Å². The molecule has 0 aromatic heterocycles. The Balaban J connectivity index is 3.05. The number of nitrogens with one attached hydrogen (secondary N) is 1. The fraction of sp³-hybridized carbons (Fsp3) is 0.400. The first-order valence-electron chi connectivity index (χ1n) is 4.05. The Hall–Kier alpha value is -0.530. The average molecular weight is 184 g/mol. The highest BCUT2D eigenvalue weighted by molar-refractivity contribution is 6.31. The van der Waals surface area contributed by atoms with E-state index in [-0.39, 0.29) is 0 Å². The fourth-order valence-electron chi connectivity index (χ4n) is 1.22. The van der Waals surface area contributed by atoms with E-state index in [9.17, 15) is 0 Å². The van der Waals surface area contributed by atoms with Crippen molar-refractivity contribution in [2.75, 3.05) is 7.05 Å². The molecule has 12 heavy (non-hydrogen) atoms. The number of halogens is 1. The molecule has 0 aliphatic heterocycles. The molecule has 0 aliphatic rings. The minimum absolute atomic E-state index is 0.854. The number of aryl methyl sites for hydroxylation is 2. The molecule has 0 aliphatic carbocycles. The largest absolute Gasteiger partial charge is 0.316 e. The zero-order chi connectivity index (χ0) is 9.14. The normalized spacial score (nSPS) is 10.3. The van der Waals surface area contributed by atoms with Crippen LogP contribution < -0.4 is 5.32 Å². The summed E-state index contributed by atoms with van der Waals surface area (Å²) >= 11 is 5.97. The van der Waals surface area contributed by atoms with Gasteiger partial charge >= 0.3 is 0 Å². The summed E-state index contributed by atoms with van der Waals surface area (Å²) in [5, 5.41) is 3.98. The highest BCUT2D eigenvalue weighted by atomic mass is 35.5. The van der Waals surface area contributed by atoms with Crippen LogP contribution in [0, 0.1) is 13.8 Å². The van der Waals surface area contributed by atoms with Gasteiger partial charge in [0, 0.05) is 11.6 Å². The predicted molar refractivity (Wildman–Crippen MR) is 53.7 cm³/mol. The highest BCUT2D eigenvalue weighted by Gasteiger charge is 2.01. The molecule has 1 N–H and O–H groups in total. The third-order valence-electron chi connectivity index (χ3n) is 1.98. The van der Waals surface area contributed by atoms with Crippen molar-refractivity contribution in [3.05, 3.63) is 33.8 Å². The van der Waals surface area contributed by atoms with Gasteiger partial charge in [0.25, 0.3) is 0 Å². The summed E-state index contributed by atoms with van der Waals surface area (Å²) in [5.41, 5.74) is 3.71. The molecule has 1 rings (SSSR count). The quantitative estimate of drug-likeness (QED) is 0.744. The Morgan fingerprint density at radius 2 is 1.92 bits per heavy atom. The van der Waals surface area contributed by atoms with Crippen LogP contribution in [0.4, 0.5) is 0 Å². The van der Waals surface area contributed by atoms with E-state index in [1.165, 1.54) is 11.1 Å². The first-order chi connectivity index (χ1) is 5.65. The molecule has 1 aromatic carbocycles. The standard InChI is InChI=1S/C10H14ClN/c1-7-5-10(11)8(2)4-9(7)6-12-3/h4-5,12H,6H2,1-3H3. The Morgan fingerprint density at radius 1 is 1.25 bits per heavy atom. The van der Waals surface area contributed by atoms with Crippen LogP contribution in [-0.2, 0) is 6.54 Å². The molecule has 66 valence electrons. The lowest BCUT2D eigenvalue weighted by molar-refractivity contribution is 0.811. The predicted octanol–water partition coefficient (Wildman–Crippen LogP) is 2.68. The molecule has 1 nitrogen and oxygen atoms in total. The highest BCUT2D eigenvalue weighted by Crippen LogP contribution is 2.20. The summed E-state index contributed by atoms with van der Waals surface area (Å²) in [6, 6.07) is 4.15. The van der Waals surface area contributed by atoms with Crippen molar-refractivity contribution in [3.8, 4) is 0 Å². The number of benzene rings is 1. The SMILES string of the molecule is CNCc1cc(C)c(Cl)cc1C. The number of rotatable bonds is 2. The number of hydrogen-bond acceptors (Lipinski definition) is 1. The van der Waals surface area contributed by atoms with Crippen molar-refractivity contribution in [2.24, 2.45) is 0 Å². The second kappa shape index (κ2) is 3.92. The third kappa shape index (κ3) is 1.99. The molecule has 0 atom stereocenters. The molecule has 2 heteroatoms. The molecule has 0 saturated carbocycles. The van der Waals surface area contributed by atoms with Crippen molar-refractivity contribution in [1.82, 2.24) is 5.32 Å². The lowest BCUT2D eigenvalue weighted by atomic mass is 10.1. The first-order valence-corrected chi connectivity index (χ1v) is 4.43. The molecular weight excluding hydrogens is 170 g/mol. The molecule has 0 spiro atoms. The van der Waals surface area contributed by atoms with E-state index in [0.29, 0.717) is 0 Å². The van der Waals surface area contributed by atoms with Gasteiger partial charge < -0.3 is 5.32 Å². The molecular formula is C10H14ClN. The second-order valence-corrected chi connectivity index (χ2v) is 3.47. The van der Waals surface area contributed by atoms with Crippen LogP contribution in [-0.4, -0.2) is 7.05 Å². The van der Waals surface area contributed by atoms with Gasteiger partial charge in [-0.2, -0.15) is 0 Å². The van der Waals surface area contributed by atoms with Crippen LogP contribution in [0.15, 0.2) is 12.1 Å². The van der Waals surface area contributed by atoms with Gasteiger partial charge in [0.2, 0.25) is 0 Å². The van der Waals surface area contributed by atoms with E-state index in [0.717, 1.165) is 17.1 Å². The van der Waals surface area contributed by atoms with E-state index in [1.807, 2.05) is 20.0 Å². The smallest absolute Gasteiger partial charge is 0.0438 e. The van der Waals surface area contributed by atoms with Crippen LogP contribution in [0.2, 0.25) is 5.02 Å². The molecule has 1 aromatic rings. The van der Waals surface area contributed by atoms with Crippen molar-refractivity contribution < 1.29 is 0 Å². The third-order valence-corrected chi connectivity index (χ3v) is 2.39. The van der Waals surface area contributed by atoms with Crippen LogP contribution in [0.3, 0.4) is 0 Å². The van der Waals surface area contributed by atoms with Crippen LogP contribution >= 0.6 is 11.6 Å². The van der Waals surface area contributed by atoms with E-state index in [4.69, 9.17) is 11.6 Å². The van der Waals surface area contributed by atoms with Crippen molar-refractivity contribution >= 4 is 11.6 Å². The summed E-state index contributed by atoms with van der Waals surface area (Å²) in [5.74, 6) is 0. The summed E-state index contributed by atoms with van der Waals surface area (Å²) in [6.07, 6.45) is 0. The van der Waals surface area contributed by atoms with Crippen molar-refractivity contribution in [1.29, 1.82) is 0 Å². The Kier molecular flexibility index (Phi) is 3.12. The Labute approximate surface area is 78.7 Å². The number of hydrogen-bond donors (Lipinski definition) is 1. The first kappa shape index (κ1) is 9.56. The van der Waals surface area contributed by atoms with Gasteiger partial charge in [0.05, 0.1) is 0 Å². The maximum Gasteiger partial charge on any atom is 0.0438 e. The van der Waals surface area contributed by atoms with E-state index in [1.54, 1.807) is 0 Å². The minimum Gasteiger partial charge on any atom is -0.316 e. The van der Waals surface area contributed by atoms with E-state index >= 15 is 0 Å². The fourth-order valence-corrected chi connectivity index (χ4v) is 1.44. The Bertz CT molecular complexity index is 281. The zero-order valence-corrected chi connectivity index (χ0v) is 8.50. The molecule has 0 bridgehead atoms. The van der Waals surface area contributed by atoms with E-state index < -0.39 is 0 Å². The lowest BCUT2D eigenvalue weighted by Crippen LogP contribution is -2.06. The zero-order valence-electron chi connectivity index (χ0n) is 7.74. The van der Waals surface area contributed by atoms with Gasteiger partial charge in [-0.25, -0.2) is 0 Å². The van der Waals surface area contributed by atoms with Gasteiger partial charge in [-0.05, 0) is 43.7 Å². The maximum absolute atomic E-state index is 5.97. The molecule has 0 saturated heterocycles. The summed E-state index contributed by atoms with van der Waals surface area (Å²) in [4.78, 5) is 0. The molecule has 0 radical (unpaired) electrons. The molecule has 0 fully saturated rings. The average Bonchev–Trinajstić information content (AvgIpc) is 2.01. The van der Waals surface area contributed by atoms with Gasteiger partial charge in [0.1, 0.15) is 0 Å². The molecule has 0 amide bonds. The molecule has 0 unspecified atom stereocenters. The molecule has 0 heterocycles.